The van der Waals surface area contributed by atoms with Gasteiger partial charge in [0.25, 0.3) is 5.91 Å². The van der Waals surface area contributed by atoms with Gasteiger partial charge in [0.1, 0.15) is 5.69 Å². The molecule has 100 valence electrons. The van der Waals surface area contributed by atoms with Crippen LogP contribution in [0.25, 0.3) is 5.65 Å². The van der Waals surface area contributed by atoms with Gasteiger partial charge < -0.3 is 4.90 Å². The summed E-state index contributed by atoms with van der Waals surface area (Å²) in [6.45, 7) is 3.65. The third-order valence-corrected chi connectivity index (χ3v) is 3.65. The molecule has 5 heteroatoms. The smallest absolute Gasteiger partial charge is 0.272 e. The number of likely N-dealkylation sites (tertiary alicyclic amines) is 1. The summed E-state index contributed by atoms with van der Waals surface area (Å²) in [6, 6.07) is 3.65. The van der Waals surface area contributed by atoms with Crippen molar-refractivity contribution in [1.82, 2.24) is 19.5 Å². The zero-order valence-corrected chi connectivity index (χ0v) is 11.2. The fourth-order valence-corrected chi connectivity index (χ4v) is 2.61. The van der Waals surface area contributed by atoms with Crippen LogP contribution in [-0.2, 0) is 0 Å². The molecule has 0 bridgehead atoms. The second kappa shape index (κ2) is 4.99. The van der Waals surface area contributed by atoms with E-state index in [-0.39, 0.29) is 5.91 Å². The maximum absolute atomic E-state index is 12.5. The average Bonchev–Trinajstić information content (AvgIpc) is 2.72. The SMILES string of the molecule is Cc1cc(C(=O)N2CCCCCC2)nc2ccnn12. The van der Waals surface area contributed by atoms with Gasteiger partial charge in [-0.1, -0.05) is 12.8 Å². The number of amides is 1. The van der Waals surface area contributed by atoms with Crippen LogP contribution in [0.15, 0.2) is 18.3 Å². The van der Waals surface area contributed by atoms with Gasteiger partial charge in [-0.2, -0.15) is 5.10 Å². The molecule has 1 fully saturated rings. The first-order valence-corrected chi connectivity index (χ1v) is 6.86. The standard InChI is InChI=1S/C14H18N4O/c1-11-10-12(16-13-6-7-15-18(11)13)14(19)17-8-4-2-3-5-9-17/h6-7,10H,2-5,8-9H2,1H3. The molecule has 5 nitrogen and oxygen atoms in total. The largest absolute Gasteiger partial charge is 0.337 e. The van der Waals surface area contributed by atoms with E-state index in [1.165, 1.54) is 12.8 Å². The van der Waals surface area contributed by atoms with Gasteiger partial charge in [-0.25, -0.2) is 9.50 Å². The minimum atomic E-state index is 0.0497. The van der Waals surface area contributed by atoms with Crippen LogP contribution in [0.2, 0.25) is 0 Å². The van der Waals surface area contributed by atoms with Gasteiger partial charge in [-0.3, -0.25) is 4.79 Å². The number of rotatable bonds is 1. The highest BCUT2D eigenvalue weighted by atomic mass is 16.2. The number of carbonyl (C=O) groups is 1. The minimum Gasteiger partial charge on any atom is -0.337 e. The molecule has 0 N–H and O–H groups in total. The maximum atomic E-state index is 12.5. The van der Waals surface area contributed by atoms with Crippen molar-refractivity contribution < 1.29 is 4.79 Å². The van der Waals surface area contributed by atoms with E-state index in [2.05, 4.69) is 10.1 Å². The summed E-state index contributed by atoms with van der Waals surface area (Å²) in [6.07, 6.45) is 6.34. The Hall–Kier alpha value is -1.91. The highest BCUT2D eigenvalue weighted by molar-refractivity contribution is 5.92. The first kappa shape index (κ1) is 12.1. The predicted molar refractivity (Wildman–Crippen MR) is 72.1 cm³/mol. The number of hydrogen-bond donors (Lipinski definition) is 0. The van der Waals surface area contributed by atoms with Gasteiger partial charge in [0.15, 0.2) is 5.65 Å². The van der Waals surface area contributed by atoms with Gasteiger partial charge in [0, 0.05) is 24.8 Å². The molecule has 1 aliphatic rings. The molecule has 1 saturated heterocycles. The topological polar surface area (TPSA) is 50.5 Å². The number of aryl methyl sites for hydroxylation is 1. The molecule has 0 unspecified atom stereocenters. The van der Waals surface area contributed by atoms with E-state index < -0.39 is 0 Å². The Morgan fingerprint density at radius 3 is 2.68 bits per heavy atom. The van der Waals surface area contributed by atoms with Crippen LogP contribution in [0.3, 0.4) is 0 Å². The van der Waals surface area contributed by atoms with E-state index in [1.807, 2.05) is 24.0 Å². The molecule has 1 amide bonds. The molecule has 3 rings (SSSR count). The number of carbonyl (C=O) groups excluding carboxylic acids is 1. The summed E-state index contributed by atoms with van der Waals surface area (Å²) in [4.78, 5) is 18.8. The molecular weight excluding hydrogens is 240 g/mol. The van der Waals surface area contributed by atoms with E-state index in [0.29, 0.717) is 5.69 Å². The van der Waals surface area contributed by atoms with E-state index in [0.717, 1.165) is 37.3 Å². The Kier molecular flexibility index (Phi) is 3.19. The summed E-state index contributed by atoms with van der Waals surface area (Å²) < 4.78 is 1.75. The molecule has 0 atom stereocenters. The molecular formula is C14H18N4O. The molecule has 0 saturated carbocycles. The van der Waals surface area contributed by atoms with Crippen molar-refractivity contribution in [2.45, 2.75) is 32.6 Å². The zero-order valence-electron chi connectivity index (χ0n) is 11.2. The van der Waals surface area contributed by atoms with Crippen LogP contribution >= 0.6 is 0 Å². The van der Waals surface area contributed by atoms with E-state index in [1.54, 1.807) is 10.7 Å². The predicted octanol–water partition coefficient (Wildman–Crippen LogP) is 2.05. The Morgan fingerprint density at radius 2 is 1.95 bits per heavy atom. The Labute approximate surface area is 112 Å². The normalized spacial score (nSPS) is 16.6. The summed E-state index contributed by atoms with van der Waals surface area (Å²) >= 11 is 0. The number of nitrogens with zero attached hydrogens (tertiary/aromatic N) is 4. The number of aromatic nitrogens is 3. The van der Waals surface area contributed by atoms with Crippen LogP contribution in [0.4, 0.5) is 0 Å². The lowest BCUT2D eigenvalue weighted by molar-refractivity contribution is 0.0756. The highest BCUT2D eigenvalue weighted by Crippen LogP contribution is 2.14. The van der Waals surface area contributed by atoms with E-state index in [4.69, 9.17) is 0 Å². The molecule has 0 radical (unpaired) electrons. The Morgan fingerprint density at radius 1 is 1.21 bits per heavy atom. The highest BCUT2D eigenvalue weighted by Gasteiger charge is 2.19. The van der Waals surface area contributed by atoms with Crippen LogP contribution < -0.4 is 0 Å². The van der Waals surface area contributed by atoms with Crippen molar-refractivity contribution in [2.75, 3.05) is 13.1 Å². The summed E-state index contributed by atoms with van der Waals surface area (Å²) in [5, 5.41) is 4.18. The summed E-state index contributed by atoms with van der Waals surface area (Å²) in [5.41, 5.74) is 2.21. The van der Waals surface area contributed by atoms with Gasteiger partial charge >= 0.3 is 0 Å². The van der Waals surface area contributed by atoms with Crippen LogP contribution in [-0.4, -0.2) is 38.5 Å². The molecule has 0 aromatic carbocycles. The van der Waals surface area contributed by atoms with Gasteiger partial charge in [0.05, 0.1) is 6.20 Å². The molecule has 1 aliphatic heterocycles. The van der Waals surface area contributed by atoms with Crippen molar-refractivity contribution in [3.63, 3.8) is 0 Å². The van der Waals surface area contributed by atoms with E-state index >= 15 is 0 Å². The molecule has 19 heavy (non-hydrogen) atoms. The average molecular weight is 258 g/mol. The van der Waals surface area contributed by atoms with Gasteiger partial charge in [-0.05, 0) is 25.8 Å². The zero-order chi connectivity index (χ0) is 13.2. The van der Waals surface area contributed by atoms with Crippen molar-refractivity contribution in [2.24, 2.45) is 0 Å². The molecule has 2 aromatic heterocycles. The number of fused-ring (bicyclic) bond motifs is 1. The molecule has 0 spiro atoms. The summed E-state index contributed by atoms with van der Waals surface area (Å²) in [7, 11) is 0. The lowest BCUT2D eigenvalue weighted by atomic mass is 10.2. The third kappa shape index (κ3) is 2.32. The van der Waals surface area contributed by atoms with Gasteiger partial charge in [-0.15, -0.1) is 0 Å². The Bertz CT molecular complexity index is 597. The second-order valence-electron chi connectivity index (χ2n) is 5.09. The maximum Gasteiger partial charge on any atom is 0.272 e. The first-order valence-electron chi connectivity index (χ1n) is 6.86. The molecule has 0 aliphatic carbocycles. The fourth-order valence-electron chi connectivity index (χ4n) is 2.61. The molecule has 3 heterocycles. The van der Waals surface area contributed by atoms with Crippen LogP contribution in [0.5, 0.6) is 0 Å². The van der Waals surface area contributed by atoms with E-state index in [9.17, 15) is 4.79 Å². The third-order valence-electron chi connectivity index (χ3n) is 3.65. The molecule has 2 aromatic rings. The quantitative estimate of drug-likeness (QED) is 0.786. The lowest BCUT2D eigenvalue weighted by Gasteiger charge is -2.19. The fraction of sp³-hybridized carbons (Fsp3) is 0.500. The Balaban J connectivity index is 1.91. The van der Waals surface area contributed by atoms with Crippen molar-refractivity contribution in [1.29, 1.82) is 0 Å². The summed E-state index contributed by atoms with van der Waals surface area (Å²) in [5.74, 6) is 0.0497. The monoisotopic (exact) mass is 258 g/mol. The van der Waals surface area contributed by atoms with Crippen LogP contribution in [0.1, 0.15) is 41.9 Å². The van der Waals surface area contributed by atoms with Crippen molar-refractivity contribution in [3.05, 3.63) is 29.7 Å². The lowest BCUT2D eigenvalue weighted by Crippen LogP contribution is -2.32. The first-order chi connectivity index (χ1) is 9.25. The van der Waals surface area contributed by atoms with Crippen molar-refractivity contribution >= 4 is 11.6 Å². The minimum absolute atomic E-state index is 0.0497. The van der Waals surface area contributed by atoms with Crippen LogP contribution in [0, 0.1) is 6.92 Å². The second-order valence-corrected chi connectivity index (χ2v) is 5.09. The van der Waals surface area contributed by atoms with Crippen molar-refractivity contribution in [3.8, 4) is 0 Å². The van der Waals surface area contributed by atoms with Gasteiger partial charge in [0.2, 0.25) is 0 Å². The number of hydrogen-bond acceptors (Lipinski definition) is 3.